The smallest absolute Gasteiger partial charge is 0.232 e. The Bertz CT molecular complexity index is 698. The van der Waals surface area contributed by atoms with Gasteiger partial charge in [-0.15, -0.1) is 0 Å². The van der Waals surface area contributed by atoms with Crippen LogP contribution in [0.25, 0.3) is 0 Å². The average molecular weight is 339 g/mol. The minimum Gasteiger partial charge on any atom is -0.468 e. The molecule has 5 heteroatoms. The lowest BCUT2D eigenvalue weighted by Crippen LogP contribution is -2.28. The van der Waals surface area contributed by atoms with Crippen molar-refractivity contribution < 1.29 is 9.84 Å². The van der Waals surface area contributed by atoms with Gasteiger partial charge in [0.2, 0.25) is 5.88 Å². The minimum atomic E-state index is -0.334. The van der Waals surface area contributed by atoms with E-state index in [-0.39, 0.29) is 12.2 Å². The SMILES string of the molecule is CC[C@@H](O)CNCC[C@@H](Oc1nc(C)ccc1C#N)c1ccccc1. The first-order valence-corrected chi connectivity index (χ1v) is 8.62. The number of aliphatic hydroxyl groups excluding tert-OH is 1. The second-order valence-electron chi connectivity index (χ2n) is 5.99. The van der Waals surface area contributed by atoms with E-state index in [1.54, 1.807) is 12.1 Å². The van der Waals surface area contributed by atoms with Gasteiger partial charge in [-0.3, -0.25) is 0 Å². The number of nitriles is 1. The lowest BCUT2D eigenvalue weighted by molar-refractivity contribution is 0.158. The Labute approximate surface area is 149 Å². The van der Waals surface area contributed by atoms with Gasteiger partial charge in [-0.1, -0.05) is 37.3 Å². The summed E-state index contributed by atoms with van der Waals surface area (Å²) in [6.07, 6.45) is 0.888. The zero-order valence-corrected chi connectivity index (χ0v) is 14.8. The Morgan fingerprint density at radius 2 is 2.00 bits per heavy atom. The number of hydrogen-bond acceptors (Lipinski definition) is 5. The highest BCUT2D eigenvalue weighted by Gasteiger charge is 2.16. The van der Waals surface area contributed by atoms with Gasteiger partial charge in [0.1, 0.15) is 17.7 Å². The molecule has 0 fully saturated rings. The third kappa shape index (κ3) is 5.86. The number of nitrogens with one attached hydrogen (secondary N) is 1. The summed E-state index contributed by atoms with van der Waals surface area (Å²) in [5.74, 6) is 0.366. The molecule has 132 valence electrons. The highest BCUT2D eigenvalue weighted by atomic mass is 16.5. The zero-order valence-electron chi connectivity index (χ0n) is 14.8. The Balaban J connectivity index is 2.10. The quantitative estimate of drug-likeness (QED) is 0.686. The van der Waals surface area contributed by atoms with Crippen LogP contribution in [-0.2, 0) is 0 Å². The lowest BCUT2D eigenvalue weighted by Gasteiger charge is -2.20. The maximum atomic E-state index is 9.63. The van der Waals surface area contributed by atoms with Gasteiger partial charge in [0.25, 0.3) is 0 Å². The molecule has 0 unspecified atom stereocenters. The molecular weight excluding hydrogens is 314 g/mol. The van der Waals surface area contributed by atoms with Gasteiger partial charge in [0.15, 0.2) is 0 Å². The van der Waals surface area contributed by atoms with Crippen molar-refractivity contribution in [3.05, 3.63) is 59.3 Å². The molecule has 0 bridgehead atoms. The Hall–Kier alpha value is -2.42. The molecule has 0 aliphatic rings. The van der Waals surface area contributed by atoms with Crippen molar-refractivity contribution >= 4 is 0 Å². The van der Waals surface area contributed by atoms with Crippen LogP contribution >= 0.6 is 0 Å². The van der Waals surface area contributed by atoms with E-state index >= 15 is 0 Å². The van der Waals surface area contributed by atoms with Crippen LogP contribution in [0.4, 0.5) is 0 Å². The van der Waals surface area contributed by atoms with E-state index in [4.69, 9.17) is 4.74 Å². The number of pyridine rings is 1. The summed E-state index contributed by atoms with van der Waals surface area (Å²) in [5.41, 5.74) is 2.28. The topological polar surface area (TPSA) is 78.2 Å². The van der Waals surface area contributed by atoms with E-state index in [1.165, 1.54) is 0 Å². The van der Waals surface area contributed by atoms with Crippen LogP contribution in [-0.4, -0.2) is 29.3 Å². The van der Waals surface area contributed by atoms with E-state index < -0.39 is 0 Å². The van der Waals surface area contributed by atoms with Crippen LogP contribution < -0.4 is 10.1 Å². The maximum Gasteiger partial charge on any atom is 0.232 e. The highest BCUT2D eigenvalue weighted by molar-refractivity contribution is 5.39. The average Bonchev–Trinajstić information content (AvgIpc) is 2.64. The fourth-order valence-corrected chi connectivity index (χ4v) is 2.45. The summed E-state index contributed by atoms with van der Waals surface area (Å²) >= 11 is 0. The van der Waals surface area contributed by atoms with E-state index in [2.05, 4.69) is 16.4 Å². The molecule has 0 radical (unpaired) electrons. The van der Waals surface area contributed by atoms with Crippen molar-refractivity contribution in [3.8, 4) is 11.9 Å². The minimum absolute atomic E-state index is 0.214. The van der Waals surface area contributed by atoms with Gasteiger partial charge in [0.05, 0.1) is 6.10 Å². The lowest BCUT2D eigenvalue weighted by atomic mass is 10.1. The predicted molar refractivity (Wildman–Crippen MR) is 97.3 cm³/mol. The van der Waals surface area contributed by atoms with Gasteiger partial charge in [-0.2, -0.15) is 5.26 Å². The van der Waals surface area contributed by atoms with Gasteiger partial charge < -0.3 is 15.2 Å². The summed E-state index contributed by atoms with van der Waals surface area (Å²) in [4.78, 5) is 4.37. The monoisotopic (exact) mass is 339 g/mol. The predicted octanol–water partition coefficient (Wildman–Crippen LogP) is 3.13. The second-order valence-corrected chi connectivity index (χ2v) is 5.99. The first-order valence-electron chi connectivity index (χ1n) is 8.62. The molecule has 0 aliphatic heterocycles. The van der Waals surface area contributed by atoms with Crippen molar-refractivity contribution in [2.24, 2.45) is 0 Å². The Morgan fingerprint density at radius 1 is 1.24 bits per heavy atom. The Kier molecular flexibility index (Phi) is 7.39. The number of benzene rings is 1. The maximum absolute atomic E-state index is 9.63. The van der Waals surface area contributed by atoms with Crippen LogP contribution in [0.2, 0.25) is 0 Å². The van der Waals surface area contributed by atoms with Gasteiger partial charge in [0, 0.05) is 18.7 Å². The number of ether oxygens (including phenoxy) is 1. The van der Waals surface area contributed by atoms with Crippen LogP contribution in [0.3, 0.4) is 0 Å². The van der Waals surface area contributed by atoms with Gasteiger partial charge in [-0.05, 0) is 37.6 Å². The molecule has 0 spiro atoms. The molecule has 5 nitrogen and oxygen atoms in total. The first-order chi connectivity index (χ1) is 12.1. The summed E-state index contributed by atoms with van der Waals surface area (Å²) in [6.45, 7) is 5.09. The van der Waals surface area contributed by atoms with Crippen molar-refractivity contribution in [3.63, 3.8) is 0 Å². The summed E-state index contributed by atoms with van der Waals surface area (Å²) in [5, 5.41) is 22.2. The van der Waals surface area contributed by atoms with Crippen LogP contribution in [0.5, 0.6) is 5.88 Å². The van der Waals surface area contributed by atoms with Crippen molar-refractivity contribution in [2.45, 2.75) is 38.9 Å². The molecule has 0 saturated carbocycles. The van der Waals surface area contributed by atoms with Crippen molar-refractivity contribution in [1.82, 2.24) is 10.3 Å². The van der Waals surface area contributed by atoms with E-state index in [0.717, 1.165) is 17.7 Å². The molecule has 0 amide bonds. The van der Waals surface area contributed by atoms with Crippen LogP contribution in [0, 0.1) is 18.3 Å². The number of aromatic nitrogens is 1. The summed E-state index contributed by atoms with van der Waals surface area (Å²) in [7, 11) is 0. The fraction of sp³-hybridized carbons (Fsp3) is 0.400. The normalized spacial score (nSPS) is 13.0. The molecule has 0 saturated heterocycles. The second kappa shape index (κ2) is 9.77. The summed E-state index contributed by atoms with van der Waals surface area (Å²) < 4.78 is 6.10. The zero-order chi connectivity index (χ0) is 18.1. The summed E-state index contributed by atoms with van der Waals surface area (Å²) in [6, 6.07) is 15.6. The van der Waals surface area contributed by atoms with Crippen LogP contribution in [0.1, 0.15) is 42.7 Å². The van der Waals surface area contributed by atoms with Gasteiger partial charge in [-0.25, -0.2) is 4.98 Å². The third-order valence-electron chi connectivity index (χ3n) is 3.98. The standard InChI is InChI=1S/C20H25N3O2/c1-3-18(24)14-22-12-11-19(16-7-5-4-6-8-16)25-20-17(13-21)10-9-15(2)23-20/h4-10,18-19,22,24H,3,11-12,14H2,1-2H3/t18-,19-/m1/s1. The molecule has 0 aliphatic carbocycles. The molecule has 25 heavy (non-hydrogen) atoms. The fourth-order valence-electron chi connectivity index (χ4n) is 2.45. The molecule has 1 heterocycles. The number of hydrogen-bond donors (Lipinski definition) is 2. The van der Waals surface area contributed by atoms with Crippen molar-refractivity contribution in [2.75, 3.05) is 13.1 Å². The van der Waals surface area contributed by atoms with E-state index in [0.29, 0.717) is 31.0 Å². The van der Waals surface area contributed by atoms with E-state index in [9.17, 15) is 10.4 Å². The largest absolute Gasteiger partial charge is 0.468 e. The molecule has 2 rings (SSSR count). The van der Waals surface area contributed by atoms with E-state index in [1.807, 2.05) is 44.2 Å². The molecule has 2 atom stereocenters. The van der Waals surface area contributed by atoms with Crippen LogP contribution in [0.15, 0.2) is 42.5 Å². The first kappa shape index (κ1) is 18.9. The highest BCUT2D eigenvalue weighted by Crippen LogP contribution is 2.26. The van der Waals surface area contributed by atoms with Gasteiger partial charge >= 0.3 is 0 Å². The Morgan fingerprint density at radius 3 is 2.68 bits per heavy atom. The third-order valence-corrected chi connectivity index (χ3v) is 3.98. The molecule has 1 aromatic heterocycles. The number of aliphatic hydroxyl groups is 1. The molecule has 2 N–H and O–H groups in total. The van der Waals surface area contributed by atoms with Crippen molar-refractivity contribution in [1.29, 1.82) is 5.26 Å². The number of rotatable bonds is 9. The molecule has 2 aromatic rings. The molecule has 1 aromatic carbocycles. The molecular formula is C20H25N3O2. The number of aryl methyl sites for hydroxylation is 1. The number of nitrogens with zero attached hydrogens (tertiary/aromatic N) is 2.